The Morgan fingerprint density at radius 3 is 2.61 bits per heavy atom. The first-order chi connectivity index (χ1) is 13.6. The van der Waals surface area contributed by atoms with Gasteiger partial charge in [0.05, 0.1) is 18.1 Å². The average molecular weight is 379 g/mol. The zero-order valence-corrected chi connectivity index (χ0v) is 15.5. The normalized spacial score (nSPS) is 10.5. The van der Waals surface area contributed by atoms with Crippen molar-refractivity contribution in [2.24, 2.45) is 0 Å². The minimum absolute atomic E-state index is 0.0587. The second-order valence-corrected chi connectivity index (χ2v) is 6.29. The number of hydrogen-bond acceptors (Lipinski definition) is 6. The fraction of sp³-hybridized carbons (Fsp3) is 0.190. The van der Waals surface area contributed by atoms with E-state index >= 15 is 0 Å². The van der Waals surface area contributed by atoms with Gasteiger partial charge in [0, 0.05) is 11.8 Å². The van der Waals surface area contributed by atoms with Gasteiger partial charge in [-0.15, -0.1) is 0 Å². The number of aromatic nitrogens is 1. The highest BCUT2D eigenvalue weighted by atomic mass is 16.6. The third kappa shape index (κ3) is 4.83. The van der Waals surface area contributed by atoms with Gasteiger partial charge in [-0.25, -0.2) is 0 Å². The molecular formula is C21H21N3O4. The average Bonchev–Trinajstić information content (AvgIpc) is 2.71. The molecule has 0 atom stereocenters. The van der Waals surface area contributed by atoms with Crippen molar-refractivity contribution in [1.29, 1.82) is 0 Å². The van der Waals surface area contributed by atoms with Gasteiger partial charge < -0.3 is 15.2 Å². The summed E-state index contributed by atoms with van der Waals surface area (Å²) in [5.41, 5.74) is 3.37. The first-order valence-electron chi connectivity index (χ1n) is 8.82. The van der Waals surface area contributed by atoms with E-state index in [0.29, 0.717) is 29.3 Å². The molecule has 2 N–H and O–H groups in total. The number of rotatable bonds is 8. The number of hydrogen-bond donors (Lipinski definition) is 2. The number of anilines is 1. The number of nitrogens with one attached hydrogen (secondary N) is 1. The Labute approximate surface area is 162 Å². The highest BCUT2D eigenvalue weighted by Crippen LogP contribution is 2.27. The number of nitro benzene ring substituents is 1. The Bertz CT molecular complexity index is 961. The van der Waals surface area contributed by atoms with Crippen LogP contribution in [0.25, 0.3) is 0 Å². The predicted molar refractivity (Wildman–Crippen MR) is 106 cm³/mol. The molecule has 7 nitrogen and oxygen atoms in total. The zero-order valence-electron chi connectivity index (χ0n) is 15.5. The summed E-state index contributed by atoms with van der Waals surface area (Å²) in [7, 11) is 0. The van der Waals surface area contributed by atoms with Crippen LogP contribution < -0.4 is 10.1 Å². The number of benzene rings is 2. The minimum atomic E-state index is -0.458. The van der Waals surface area contributed by atoms with Crippen molar-refractivity contribution in [2.75, 3.05) is 5.32 Å². The highest BCUT2D eigenvalue weighted by Gasteiger charge is 2.15. The number of aliphatic hydroxyl groups is 1. The van der Waals surface area contributed by atoms with Gasteiger partial charge in [0.2, 0.25) is 0 Å². The molecule has 3 aromatic rings. The Kier molecular flexibility index (Phi) is 6.18. The topological polar surface area (TPSA) is 97.5 Å². The van der Waals surface area contributed by atoms with Crippen molar-refractivity contribution in [3.05, 3.63) is 93.3 Å². The maximum absolute atomic E-state index is 11.3. The van der Waals surface area contributed by atoms with Crippen LogP contribution in [0.3, 0.4) is 0 Å². The lowest BCUT2D eigenvalue weighted by molar-refractivity contribution is -0.384. The number of nitrogens with zero attached hydrogens (tertiary/aromatic N) is 2. The van der Waals surface area contributed by atoms with E-state index in [-0.39, 0.29) is 18.8 Å². The van der Waals surface area contributed by atoms with Crippen molar-refractivity contribution >= 4 is 11.4 Å². The second kappa shape index (κ2) is 8.96. The molecule has 0 bridgehead atoms. The Balaban J connectivity index is 1.79. The number of aliphatic hydroxyl groups excluding tert-OH is 1. The maximum Gasteiger partial charge on any atom is 0.292 e. The Morgan fingerprint density at radius 1 is 1.11 bits per heavy atom. The van der Waals surface area contributed by atoms with E-state index in [1.165, 1.54) is 12.1 Å². The van der Waals surface area contributed by atoms with Crippen molar-refractivity contribution < 1.29 is 14.8 Å². The highest BCUT2D eigenvalue weighted by molar-refractivity contribution is 5.63. The summed E-state index contributed by atoms with van der Waals surface area (Å²) in [6, 6.07) is 18.0. The summed E-state index contributed by atoms with van der Waals surface area (Å²) >= 11 is 0. The van der Waals surface area contributed by atoms with Crippen molar-refractivity contribution in [3.63, 3.8) is 0 Å². The van der Waals surface area contributed by atoms with Crippen molar-refractivity contribution in [1.82, 2.24) is 4.98 Å². The van der Waals surface area contributed by atoms with Crippen LogP contribution in [0, 0.1) is 17.0 Å². The van der Waals surface area contributed by atoms with Crippen LogP contribution in [-0.4, -0.2) is 15.0 Å². The Hall–Kier alpha value is -3.45. The van der Waals surface area contributed by atoms with Gasteiger partial charge in [-0.1, -0.05) is 30.3 Å². The molecule has 0 fully saturated rings. The Morgan fingerprint density at radius 2 is 1.89 bits per heavy atom. The predicted octanol–water partition coefficient (Wildman–Crippen LogP) is 3.98. The number of ether oxygens (including phenoxy) is 1. The first kappa shape index (κ1) is 19.3. The molecule has 1 heterocycles. The molecule has 28 heavy (non-hydrogen) atoms. The maximum atomic E-state index is 11.3. The van der Waals surface area contributed by atoms with Crippen molar-refractivity contribution in [3.8, 4) is 5.75 Å². The largest absolute Gasteiger partial charge is 0.487 e. The summed E-state index contributed by atoms with van der Waals surface area (Å²) in [6.45, 7) is 2.33. The molecule has 7 heteroatoms. The molecule has 0 aliphatic carbocycles. The molecule has 0 saturated heterocycles. The molecule has 2 aromatic carbocycles. The van der Waals surface area contributed by atoms with Gasteiger partial charge >= 0.3 is 0 Å². The van der Waals surface area contributed by atoms with Crippen molar-refractivity contribution in [2.45, 2.75) is 26.7 Å². The van der Waals surface area contributed by atoms with E-state index in [1.54, 1.807) is 6.07 Å². The molecule has 3 rings (SSSR count). The van der Waals surface area contributed by atoms with E-state index in [4.69, 9.17) is 4.74 Å². The van der Waals surface area contributed by atoms with E-state index in [2.05, 4.69) is 10.3 Å². The van der Waals surface area contributed by atoms with E-state index < -0.39 is 4.92 Å². The van der Waals surface area contributed by atoms with Crippen LogP contribution in [0.4, 0.5) is 11.4 Å². The summed E-state index contributed by atoms with van der Waals surface area (Å²) in [4.78, 5) is 15.3. The molecule has 0 aliphatic rings. The van der Waals surface area contributed by atoms with Crippen LogP contribution in [0.15, 0.2) is 60.7 Å². The molecular weight excluding hydrogens is 358 g/mol. The number of nitro groups is 1. The number of pyridine rings is 1. The zero-order chi connectivity index (χ0) is 19.9. The molecule has 0 aliphatic heterocycles. The molecule has 1 aromatic heterocycles. The molecule has 0 spiro atoms. The lowest BCUT2D eigenvalue weighted by Crippen LogP contribution is -2.08. The van der Waals surface area contributed by atoms with Crippen LogP contribution in [0.5, 0.6) is 5.75 Å². The summed E-state index contributed by atoms with van der Waals surface area (Å²) in [6.07, 6.45) is 0. The van der Waals surface area contributed by atoms with Crippen LogP contribution in [0.2, 0.25) is 0 Å². The SMILES string of the molecule is Cc1ccc(OCc2ccccc2)c(CNc2cc(CO)ccc2[N+](=O)[O-])n1. The number of aryl methyl sites for hydroxylation is 1. The second-order valence-electron chi connectivity index (χ2n) is 6.29. The smallest absolute Gasteiger partial charge is 0.292 e. The van der Waals surface area contributed by atoms with E-state index in [1.807, 2.05) is 49.4 Å². The van der Waals surface area contributed by atoms with E-state index in [9.17, 15) is 15.2 Å². The van der Waals surface area contributed by atoms with Crippen LogP contribution in [-0.2, 0) is 19.8 Å². The molecule has 0 unspecified atom stereocenters. The first-order valence-corrected chi connectivity index (χ1v) is 8.82. The standard InChI is InChI=1S/C21H21N3O4/c1-15-7-10-21(28-14-16-5-3-2-4-6-16)19(23-15)12-22-18-11-17(13-25)8-9-20(18)24(26)27/h2-11,22,25H,12-14H2,1H3. The summed E-state index contributed by atoms with van der Waals surface area (Å²) in [5, 5.41) is 23.6. The molecule has 0 radical (unpaired) electrons. The third-order valence-electron chi connectivity index (χ3n) is 4.20. The van der Waals surface area contributed by atoms with Gasteiger partial charge in [0.15, 0.2) is 0 Å². The van der Waals surface area contributed by atoms with Crippen LogP contribution in [0.1, 0.15) is 22.5 Å². The van der Waals surface area contributed by atoms with Gasteiger partial charge in [0.1, 0.15) is 23.7 Å². The summed E-state index contributed by atoms with van der Waals surface area (Å²) in [5.74, 6) is 0.614. The van der Waals surface area contributed by atoms with Gasteiger partial charge in [-0.3, -0.25) is 15.1 Å². The lowest BCUT2D eigenvalue weighted by atomic mass is 10.1. The van der Waals surface area contributed by atoms with Crippen LogP contribution >= 0.6 is 0 Å². The minimum Gasteiger partial charge on any atom is -0.487 e. The van der Waals surface area contributed by atoms with Gasteiger partial charge in [0.25, 0.3) is 5.69 Å². The molecule has 0 saturated carbocycles. The van der Waals surface area contributed by atoms with Gasteiger partial charge in [-0.05, 0) is 42.3 Å². The van der Waals surface area contributed by atoms with E-state index in [0.717, 1.165) is 11.3 Å². The lowest BCUT2D eigenvalue weighted by Gasteiger charge is -2.13. The monoisotopic (exact) mass is 379 g/mol. The molecule has 0 amide bonds. The fourth-order valence-electron chi connectivity index (χ4n) is 2.75. The fourth-order valence-corrected chi connectivity index (χ4v) is 2.75. The molecule has 144 valence electrons. The third-order valence-corrected chi connectivity index (χ3v) is 4.20. The van der Waals surface area contributed by atoms with Gasteiger partial charge in [-0.2, -0.15) is 0 Å². The quantitative estimate of drug-likeness (QED) is 0.454. The summed E-state index contributed by atoms with van der Waals surface area (Å²) < 4.78 is 5.91.